The Morgan fingerprint density at radius 2 is 1.53 bits per heavy atom. The molecule has 5 nitrogen and oxygen atoms in total. The average molecular weight is 399 g/mol. The SMILES string of the molecule is CC1CC(=O)Nc2ccccc2N1C(=O)CNC(c1ccccc1)c1ccccc1. The molecule has 1 unspecified atom stereocenters. The maximum Gasteiger partial charge on any atom is 0.241 e. The third kappa shape index (κ3) is 4.26. The topological polar surface area (TPSA) is 61.4 Å². The number of carbonyl (C=O) groups is 2. The summed E-state index contributed by atoms with van der Waals surface area (Å²) in [4.78, 5) is 27.2. The average Bonchev–Trinajstić information content (AvgIpc) is 2.89. The Morgan fingerprint density at radius 3 is 2.17 bits per heavy atom. The standard InChI is InChI=1S/C25H25N3O2/c1-18-16-23(29)27-21-14-8-9-15-22(21)28(18)24(30)17-26-25(19-10-4-2-5-11-19)20-12-6-3-7-13-20/h2-15,18,25-26H,16-17H2,1H3,(H,27,29). The first kappa shape index (κ1) is 19.9. The number of benzene rings is 3. The first-order chi connectivity index (χ1) is 14.6. The van der Waals surface area contributed by atoms with Crippen LogP contribution in [0.1, 0.15) is 30.5 Å². The van der Waals surface area contributed by atoms with E-state index in [0.29, 0.717) is 5.69 Å². The molecule has 1 atom stereocenters. The molecule has 0 radical (unpaired) electrons. The van der Waals surface area contributed by atoms with Crippen molar-refractivity contribution in [3.8, 4) is 0 Å². The summed E-state index contributed by atoms with van der Waals surface area (Å²) in [7, 11) is 0. The molecule has 1 aliphatic rings. The number of para-hydroxylation sites is 2. The van der Waals surface area contributed by atoms with Gasteiger partial charge in [-0.2, -0.15) is 0 Å². The Balaban J connectivity index is 1.58. The maximum atomic E-state index is 13.3. The largest absolute Gasteiger partial charge is 0.324 e. The van der Waals surface area contributed by atoms with Crippen molar-refractivity contribution in [1.29, 1.82) is 0 Å². The van der Waals surface area contributed by atoms with Crippen LogP contribution in [0.3, 0.4) is 0 Å². The second-order valence-corrected chi connectivity index (χ2v) is 7.52. The first-order valence-electron chi connectivity index (χ1n) is 10.2. The van der Waals surface area contributed by atoms with Crippen molar-refractivity contribution in [3.63, 3.8) is 0 Å². The lowest BCUT2D eigenvalue weighted by Gasteiger charge is -2.29. The van der Waals surface area contributed by atoms with Gasteiger partial charge in [-0.3, -0.25) is 14.9 Å². The fourth-order valence-electron chi connectivity index (χ4n) is 3.96. The van der Waals surface area contributed by atoms with Gasteiger partial charge in [0.2, 0.25) is 11.8 Å². The van der Waals surface area contributed by atoms with Crippen LogP contribution >= 0.6 is 0 Å². The molecule has 152 valence electrons. The number of carbonyl (C=O) groups excluding carboxylic acids is 2. The van der Waals surface area contributed by atoms with Crippen molar-refractivity contribution in [2.75, 3.05) is 16.8 Å². The molecule has 2 amide bonds. The van der Waals surface area contributed by atoms with E-state index in [1.807, 2.05) is 67.6 Å². The van der Waals surface area contributed by atoms with Gasteiger partial charge in [-0.15, -0.1) is 0 Å². The number of hydrogen-bond donors (Lipinski definition) is 2. The second kappa shape index (κ2) is 8.93. The summed E-state index contributed by atoms with van der Waals surface area (Å²) in [5.41, 5.74) is 3.59. The number of amides is 2. The van der Waals surface area contributed by atoms with E-state index < -0.39 is 0 Å². The monoisotopic (exact) mass is 399 g/mol. The van der Waals surface area contributed by atoms with Gasteiger partial charge in [0.25, 0.3) is 0 Å². The van der Waals surface area contributed by atoms with Gasteiger partial charge in [0.05, 0.1) is 24.0 Å². The van der Waals surface area contributed by atoms with Gasteiger partial charge >= 0.3 is 0 Å². The van der Waals surface area contributed by atoms with Crippen LogP contribution in [-0.2, 0) is 9.59 Å². The van der Waals surface area contributed by atoms with Gasteiger partial charge < -0.3 is 10.2 Å². The molecule has 0 bridgehead atoms. The van der Waals surface area contributed by atoms with Crippen molar-refractivity contribution in [1.82, 2.24) is 5.32 Å². The molecular formula is C25H25N3O2. The van der Waals surface area contributed by atoms with Crippen molar-refractivity contribution in [2.45, 2.75) is 25.4 Å². The number of anilines is 2. The third-order valence-electron chi connectivity index (χ3n) is 5.35. The highest BCUT2D eigenvalue weighted by Gasteiger charge is 2.29. The summed E-state index contributed by atoms with van der Waals surface area (Å²) in [5.74, 6) is -0.145. The minimum atomic E-state index is -0.227. The quantitative estimate of drug-likeness (QED) is 0.678. The summed E-state index contributed by atoms with van der Waals surface area (Å²) in [6.07, 6.45) is 0.265. The Morgan fingerprint density at radius 1 is 0.967 bits per heavy atom. The van der Waals surface area contributed by atoms with Gasteiger partial charge in [0, 0.05) is 12.5 Å². The minimum Gasteiger partial charge on any atom is -0.324 e. The molecule has 3 aromatic rings. The highest BCUT2D eigenvalue weighted by atomic mass is 16.2. The molecule has 5 heteroatoms. The smallest absolute Gasteiger partial charge is 0.241 e. The molecule has 1 heterocycles. The summed E-state index contributed by atoms with van der Waals surface area (Å²) in [6, 6.07) is 27.3. The third-order valence-corrected chi connectivity index (χ3v) is 5.35. The predicted octanol–water partition coefficient (Wildman–Crippen LogP) is 4.13. The Bertz CT molecular complexity index is 981. The molecule has 2 N–H and O–H groups in total. The van der Waals surface area contributed by atoms with Crippen LogP contribution in [0.15, 0.2) is 84.9 Å². The van der Waals surface area contributed by atoms with Gasteiger partial charge in [-0.1, -0.05) is 72.8 Å². The Labute approximate surface area is 176 Å². The van der Waals surface area contributed by atoms with Gasteiger partial charge in [0.1, 0.15) is 0 Å². The number of hydrogen-bond acceptors (Lipinski definition) is 3. The lowest BCUT2D eigenvalue weighted by atomic mass is 9.99. The zero-order valence-electron chi connectivity index (χ0n) is 16.9. The van der Waals surface area contributed by atoms with E-state index in [2.05, 4.69) is 34.9 Å². The molecule has 0 saturated carbocycles. The van der Waals surface area contributed by atoms with E-state index in [1.54, 1.807) is 4.90 Å². The molecule has 0 spiro atoms. The van der Waals surface area contributed by atoms with E-state index >= 15 is 0 Å². The molecule has 0 aliphatic carbocycles. The Kier molecular flexibility index (Phi) is 5.91. The van der Waals surface area contributed by atoms with Gasteiger partial charge in [-0.05, 0) is 30.2 Å². The van der Waals surface area contributed by atoms with E-state index in [9.17, 15) is 9.59 Å². The zero-order valence-corrected chi connectivity index (χ0v) is 16.9. The van der Waals surface area contributed by atoms with Crippen LogP contribution in [0.2, 0.25) is 0 Å². The summed E-state index contributed by atoms with van der Waals surface area (Å²) >= 11 is 0. The van der Waals surface area contributed by atoms with E-state index in [0.717, 1.165) is 16.8 Å². The highest BCUT2D eigenvalue weighted by Crippen LogP contribution is 2.31. The molecule has 0 saturated heterocycles. The zero-order chi connectivity index (χ0) is 20.9. The first-order valence-corrected chi connectivity index (χ1v) is 10.2. The second-order valence-electron chi connectivity index (χ2n) is 7.52. The fraction of sp³-hybridized carbons (Fsp3) is 0.200. The summed E-state index contributed by atoms with van der Waals surface area (Å²) in [5, 5.41) is 6.34. The number of nitrogens with one attached hydrogen (secondary N) is 2. The normalized spacial score (nSPS) is 16.0. The fourth-order valence-corrected chi connectivity index (χ4v) is 3.96. The predicted molar refractivity (Wildman–Crippen MR) is 119 cm³/mol. The van der Waals surface area contributed by atoms with Crippen LogP contribution in [0, 0.1) is 0 Å². The van der Waals surface area contributed by atoms with Crippen molar-refractivity contribution >= 4 is 23.2 Å². The van der Waals surface area contributed by atoms with Crippen LogP contribution in [0.4, 0.5) is 11.4 Å². The maximum absolute atomic E-state index is 13.3. The summed E-state index contributed by atoms with van der Waals surface area (Å²) < 4.78 is 0. The van der Waals surface area contributed by atoms with Crippen LogP contribution in [0.25, 0.3) is 0 Å². The Hall–Kier alpha value is -3.44. The molecule has 0 fully saturated rings. The lowest BCUT2D eigenvalue weighted by molar-refractivity contribution is -0.118. The molecule has 4 rings (SSSR count). The lowest BCUT2D eigenvalue weighted by Crippen LogP contribution is -2.44. The van der Waals surface area contributed by atoms with Gasteiger partial charge in [0.15, 0.2) is 0 Å². The van der Waals surface area contributed by atoms with Crippen LogP contribution in [0.5, 0.6) is 0 Å². The molecule has 1 aliphatic heterocycles. The molecule has 0 aromatic heterocycles. The summed E-state index contributed by atoms with van der Waals surface area (Å²) in [6.45, 7) is 2.06. The molecule has 30 heavy (non-hydrogen) atoms. The van der Waals surface area contributed by atoms with E-state index in [-0.39, 0.29) is 36.9 Å². The number of rotatable bonds is 5. The number of nitrogens with zero attached hydrogens (tertiary/aromatic N) is 1. The van der Waals surface area contributed by atoms with Crippen LogP contribution in [-0.4, -0.2) is 24.4 Å². The van der Waals surface area contributed by atoms with Crippen molar-refractivity contribution < 1.29 is 9.59 Å². The van der Waals surface area contributed by atoms with E-state index in [4.69, 9.17) is 0 Å². The van der Waals surface area contributed by atoms with E-state index in [1.165, 1.54) is 0 Å². The van der Waals surface area contributed by atoms with Crippen LogP contribution < -0.4 is 15.5 Å². The number of fused-ring (bicyclic) bond motifs is 1. The minimum absolute atomic E-state index is 0.0664. The van der Waals surface area contributed by atoms with Gasteiger partial charge in [-0.25, -0.2) is 0 Å². The van der Waals surface area contributed by atoms with Crippen molar-refractivity contribution in [3.05, 3.63) is 96.1 Å². The molecule has 3 aromatic carbocycles. The highest BCUT2D eigenvalue weighted by molar-refractivity contribution is 6.04. The van der Waals surface area contributed by atoms with Crippen molar-refractivity contribution in [2.24, 2.45) is 0 Å². The molecular weight excluding hydrogens is 374 g/mol.